The second kappa shape index (κ2) is 36.7. The molecule has 3 aliphatic heterocycles. The van der Waals surface area contributed by atoms with Crippen molar-refractivity contribution in [2.75, 3.05) is 14.7 Å². The van der Waals surface area contributed by atoms with Gasteiger partial charge in [-0.1, -0.05) is 406 Å². The maximum Gasteiger partial charge on any atom is 0.164 e. The maximum absolute atomic E-state index is 5.06. The highest BCUT2D eigenvalue weighted by Gasteiger charge is 2.40. The summed E-state index contributed by atoms with van der Waals surface area (Å²) in [5.41, 5.74) is 33.5. The second-order valence-corrected chi connectivity index (χ2v) is 36.5. The zero-order valence-electron chi connectivity index (χ0n) is 77.4. The van der Waals surface area contributed by atoms with Crippen molar-refractivity contribution in [3.8, 4) is 136 Å². The lowest BCUT2D eigenvalue weighted by Gasteiger charge is -2.42. The van der Waals surface area contributed by atoms with Gasteiger partial charge < -0.3 is 14.7 Å². The van der Waals surface area contributed by atoms with Gasteiger partial charge in [0.15, 0.2) is 52.4 Å². The van der Waals surface area contributed by atoms with Gasteiger partial charge in [0.05, 0.1) is 34.1 Å². The molecular formula is C126H96N12. The molecule has 0 atom stereocenters. The Morgan fingerprint density at radius 2 is 0.239 bits per heavy atom. The summed E-state index contributed by atoms with van der Waals surface area (Å²) in [6.07, 6.45) is 0. The predicted molar refractivity (Wildman–Crippen MR) is 565 cm³/mol. The van der Waals surface area contributed by atoms with Crippen molar-refractivity contribution < 1.29 is 0 Å². The molecule has 3 aliphatic rings. The molecule has 6 heterocycles. The van der Waals surface area contributed by atoms with Crippen LogP contribution in [0.1, 0.15) is 74.9 Å². The van der Waals surface area contributed by atoms with Crippen LogP contribution in [0, 0.1) is 0 Å². The molecule has 0 saturated carbocycles. The highest BCUT2D eigenvalue weighted by molar-refractivity contribution is 5.91. The minimum Gasteiger partial charge on any atom is -0.310 e. The first-order valence-electron chi connectivity index (χ1n) is 46.9. The average Bonchev–Trinajstić information content (AvgIpc) is 0.733. The number of para-hydroxylation sites is 6. The van der Waals surface area contributed by atoms with Crippen molar-refractivity contribution in [2.45, 2.75) is 57.8 Å². The zero-order chi connectivity index (χ0) is 93.3. The molecule has 3 aromatic heterocycles. The Kier molecular flexibility index (Phi) is 22.9. The largest absolute Gasteiger partial charge is 0.310 e. The summed E-state index contributed by atoms with van der Waals surface area (Å²) in [7, 11) is 0. The number of nitrogens with zero attached hydrogens (tertiary/aromatic N) is 12. The van der Waals surface area contributed by atoms with Gasteiger partial charge in [-0.3, -0.25) is 0 Å². The molecule has 18 aromatic carbocycles. The van der Waals surface area contributed by atoms with E-state index in [1.54, 1.807) is 0 Å². The SMILES string of the molecule is CC1(C)c2ccccc2N(c2ccc(-c3nc(-c4ccc(-c5ccccc5)cc4)nc(-c4ccc(-c5ccccc5)cc4)n3)cc2)c2ccccc21.CC1(C)c2ccccc2N(c2ccc(-c3nc(-c4ccccc4)nc(-c4ccc(-c5ccccc5)cc4)n3)cc2)c2ccccc21.CC1(C)c2ccccc2N(c2ccc(-c3nc(-c4ccccc4)nc(-c4ccccc4)n3)cc2)c2ccccc21. The Labute approximate surface area is 805 Å². The first-order chi connectivity index (χ1) is 67.7. The fourth-order valence-corrected chi connectivity index (χ4v) is 19.5. The van der Waals surface area contributed by atoms with Gasteiger partial charge >= 0.3 is 0 Å². The summed E-state index contributed by atoms with van der Waals surface area (Å²) in [5, 5.41) is 0. The quantitative estimate of drug-likeness (QED) is 0.0970. The number of hydrogen-bond acceptors (Lipinski definition) is 12. The van der Waals surface area contributed by atoms with Crippen molar-refractivity contribution in [3.05, 3.63) is 507 Å². The van der Waals surface area contributed by atoms with Crippen LogP contribution in [0.3, 0.4) is 0 Å². The van der Waals surface area contributed by atoms with Crippen molar-refractivity contribution in [2.24, 2.45) is 0 Å². The van der Waals surface area contributed by atoms with Crippen LogP contribution in [-0.4, -0.2) is 44.9 Å². The Hall–Kier alpha value is -17.6. The Bertz CT molecular complexity index is 7660. The molecule has 0 N–H and O–H groups in total. The lowest BCUT2D eigenvalue weighted by atomic mass is 9.73. The van der Waals surface area contributed by atoms with E-state index in [-0.39, 0.29) is 16.2 Å². The summed E-state index contributed by atoms with van der Waals surface area (Å²) in [5.74, 6) is 5.82. The molecule has 21 aromatic rings. The first kappa shape index (κ1) is 85.8. The molecule has 0 aliphatic carbocycles. The van der Waals surface area contributed by atoms with Crippen LogP contribution in [0.2, 0.25) is 0 Å². The van der Waals surface area contributed by atoms with Gasteiger partial charge in [0, 0.05) is 83.4 Å². The number of anilines is 9. The number of benzene rings is 18. The number of fused-ring (bicyclic) bond motifs is 6. The number of hydrogen-bond donors (Lipinski definition) is 0. The van der Waals surface area contributed by atoms with E-state index in [1.807, 2.05) is 109 Å². The molecule has 0 bridgehead atoms. The zero-order valence-corrected chi connectivity index (χ0v) is 77.4. The highest BCUT2D eigenvalue weighted by Crippen LogP contribution is 2.56. The van der Waals surface area contributed by atoms with Crippen molar-refractivity contribution in [3.63, 3.8) is 0 Å². The minimum atomic E-state index is -0.111. The molecule has 0 amide bonds. The third-order valence-corrected chi connectivity index (χ3v) is 26.8. The van der Waals surface area contributed by atoms with Crippen LogP contribution in [0.15, 0.2) is 473 Å². The third-order valence-electron chi connectivity index (χ3n) is 26.8. The Balaban J connectivity index is 0.000000121. The molecular weight excluding hydrogens is 1680 g/mol. The second-order valence-electron chi connectivity index (χ2n) is 36.5. The van der Waals surface area contributed by atoms with E-state index in [9.17, 15) is 0 Å². The van der Waals surface area contributed by atoms with Crippen molar-refractivity contribution in [1.82, 2.24) is 44.9 Å². The van der Waals surface area contributed by atoms with Gasteiger partial charge in [-0.25, -0.2) is 44.9 Å². The van der Waals surface area contributed by atoms with E-state index in [2.05, 4.69) is 420 Å². The van der Waals surface area contributed by atoms with Crippen LogP contribution in [0.5, 0.6) is 0 Å². The fraction of sp³-hybridized carbons (Fsp3) is 0.0714. The lowest BCUT2D eigenvalue weighted by Crippen LogP contribution is -2.30. The molecule has 0 radical (unpaired) electrons. The summed E-state index contributed by atoms with van der Waals surface area (Å²) in [4.78, 5) is 51.8. The Morgan fingerprint density at radius 3 is 0.406 bits per heavy atom. The monoisotopic (exact) mass is 1780 g/mol. The molecule has 24 rings (SSSR count). The maximum atomic E-state index is 5.06. The van der Waals surface area contributed by atoms with Gasteiger partial charge in [0.25, 0.3) is 0 Å². The van der Waals surface area contributed by atoms with E-state index < -0.39 is 0 Å². The lowest BCUT2D eigenvalue weighted by molar-refractivity contribution is 0.632. The molecule has 12 heteroatoms. The first-order valence-corrected chi connectivity index (χ1v) is 46.9. The molecule has 0 saturated heterocycles. The van der Waals surface area contributed by atoms with Crippen molar-refractivity contribution >= 4 is 51.2 Å². The summed E-state index contributed by atoms with van der Waals surface area (Å²) < 4.78 is 0. The highest BCUT2D eigenvalue weighted by atomic mass is 15.2. The normalized spacial score (nSPS) is 13.1. The van der Waals surface area contributed by atoms with Gasteiger partial charge in [-0.2, -0.15) is 0 Å². The van der Waals surface area contributed by atoms with E-state index in [1.165, 1.54) is 84.2 Å². The van der Waals surface area contributed by atoms with E-state index in [4.69, 9.17) is 44.9 Å². The molecule has 138 heavy (non-hydrogen) atoms. The van der Waals surface area contributed by atoms with Crippen LogP contribution in [0.4, 0.5) is 51.2 Å². The van der Waals surface area contributed by atoms with E-state index >= 15 is 0 Å². The van der Waals surface area contributed by atoms with Gasteiger partial charge in [0.2, 0.25) is 0 Å². The summed E-state index contributed by atoms with van der Waals surface area (Å²) in [6, 6.07) is 165. The predicted octanol–water partition coefficient (Wildman–Crippen LogP) is 31.9. The van der Waals surface area contributed by atoms with Crippen LogP contribution >= 0.6 is 0 Å². The van der Waals surface area contributed by atoms with E-state index in [0.29, 0.717) is 52.4 Å². The van der Waals surface area contributed by atoms with Crippen molar-refractivity contribution in [1.29, 1.82) is 0 Å². The van der Waals surface area contributed by atoms with Gasteiger partial charge in [-0.15, -0.1) is 0 Å². The smallest absolute Gasteiger partial charge is 0.164 e. The van der Waals surface area contributed by atoms with Crippen LogP contribution in [-0.2, 0) is 16.2 Å². The third kappa shape index (κ3) is 16.7. The van der Waals surface area contributed by atoms with E-state index in [0.717, 1.165) is 83.8 Å². The van der Waals surface area contributed by atoms with Gasteiger partial charge in [0.1, 0.15) is 0 Å². The van der Waals surface area contributed by atoms with Crippen LogP contribution in [0.25, 0.3) is 136 Å². The van der Waals surface area contributed by atoms with Crippen LogP contribution < -0.4 is 14.7 Å². The molecule has 0 unspecified atom stereocenters. The molecule has 12 nitrogen and oxygen atoms in total. The molecule has 0 fully saturated rings. The average molecular weight is 1780 g/mol. The van der Waals surface area contributed by atoms with Gasteiger partial charge in [-0.05, 0) is 176 Å². The summed E-state index contributed by atoms with van der Waals surface area (Å²) >= 11 is 0. The molecule has 0 spiro atoms. The Morgan fingerprint density at radius 1 is 0.123 bits per heavy atom. The number of rotatable bonds is 15. The summed E-state index contributed by atoms with van der Waals surface area (Å²) in [6.45, 7) is 13.9. The fourth-order valence-electron chi connectivity index (χ4n) is 19.5. The molecule has 660 valence electrons. The number of aromatic nitrogens is 9. The topological polar surface area (TPSA) is 126 Å². The minimum absolute atomic E-state index is 0.0871. The standard InChI is InChI=1S/C48H36N4.C42H32N4.C36H28N4/c1-48(2)41-17-9-11-19-43(41)52(44-20-12-10-18-42(44)48)40-31-29-39(30-32-40)47-50-45(37-25-21-35(22-26-37)33-13-5-3-6-14-33)49-46(51-47)38-27-23-36(24-28-38)34-15-7-4-8-16-34;1-42(2)35-17-9-11-19-37(35)46(38-20-12-10-18-36(38)42)34-27-25-33(26-28-34)41-44-39(31-15-7-4-8-16-31)43-40(45-41)32-23-21-30(22-24-32)29-13-5-3-6-14-29;1-36(2)29-17-9-11-19-31(29)40(32-20-12-10-18-30(32)36)28-23-21-27(22-24-28)35-38-33(25-13-5-3-6-14-25)37-34(39-35)26-15-7-4-8-16-26/h3-32H,1-2H3;3-28H,1-2H3;3-24H,1-2H3.